The molecule has 6 heteroatoms. The molecule has 6 nitrogen and oxygen atoms in total. The summed E-state index contributed by atoms with van der Waals surface area (Å²) in [5.74, 6) is 0.409. The van der Waals surface area contributed by atoms with E-state index in [2.05, 4.69) is 9.89 Å². The van der Waals surface area contributed by atoms with Gasteiger partial charge in [0.05, 0.1) is 11.3 Å². The van der Waals surface area contributed by atoms with Crippen molar-refractivity contribution in [3.63, 3.8) is 0 Å². The number of nitrogens with zero attached hydrogens (tertiary/aromatic N) is 2. The van der Waals surface area contributed by atoms with Crippen LogP contribution in [-0.2, 0) is 6.42 Å². The molecular formula is C19H20N2O4. The van der Waals surface area contributed by atoms with E-state index in [0.717, 1.165) is 30.0 Å². The predicted octanol–water partition coefficient (Wildman–Crippen LogP) is 2.97. The molecule has 1 heterocycles. The molecule has 0 fully saturated rings. The van der Waals surface area contributed by atoms with Crippen LogP contribution in [0.5, 0.6) is 11.5 Å². The quantitative estimate of drug-likeness (QED) is 0.819. The van der Waals surface area contributed by atoms with Crippen LogP contribution in [0, 0.1) is 0 Å². The van der Waals surface area contributed by atoms with Crippen LogP contribution in [0.1, 0.15) is 21.5 Å². The second kappa shape index (κ2) is 7.36. The molecular weight excluding hydrogens is 320 g/mol. The highest BCUT2D eigenvalue weighted by Gasteiger charge is 2.17. The zero-order valence-corrected chi connectivity index (χ0v) is 14.2. The van der Waals surface area contributed by atoms with Gasteiger partial charge in [0.15, 0.2) is 11.5 Å². The number of carbonyl (C=O) groups is 1. The molecule has 2 aromatic carbocycles. The van der Waals surface area contributed by atoms with Gasteiger partial charge in [-0.2, -0.15) is 0 Å². The number of aliphatic imine (C=N–C) groups is 1. The summed E-state index contributed by atoms with van der Waals surface area (Å²) in [6, 6.07) is 10.6. The predicted molar refractivity (Wildman–Crippen MR) is 95.5 cm³/mol. The van der Waals surface area contributed by atoms with Crippen LogP contribution in [-0.4, -0.2) is 49.6 Å². The summed E-state index contributed by atoms with van der Waals surface area (Å²) < 4.78 is 10.9. The first-order valence-corrected chi connectivity index (χ1v) is 7.98. The van der Waals surface area contributed by atoms with Crippen LogP contribution in [0.3, 0.4) is 0 Å². The van der Waals surface area contributed by atoms with Gasteiger partial charge in [0.1, 0.15) is 0 Å². The molecule has 0 aromatic heterocycles. The summed E-state index contributed by atoms with van der Waals surface area (Å²) in [5, 5.41) is 9.29. The van der Waals surface area contributed by atoms with Crippen molar-refractivity contribution in [2.24, 2.45) is 4.99 Å². The lowest BCUT2D eigenvalue weighted by molar-refractivity contribution is 0.0696. The second-order valence-corrected chi connectivity index (χ2v) is 6.04. The van der Waals surface area contributed by atoms with Gasteiger partial charge in [-0.1, -0.05) is 18.2 Å². The van der Waals surface area contributed by atoms with Gasteiger partial charge in [-0.3, -0.25) is 4.99 Å². The minimum absolute atomic E-state index is 0.206. The van der Waals surface area contributed by atoms with Crippen LogP contribution in [0.4, 0.5) is 5.69 Å². The molecule has 1 N–H and O–H groups in total. The highest BCUT2D eigenvalue weighted by molar-refractivity contribution is 5.99. The Morgan fingerprint density at radius 1 is 1.24 bits per heavy atom. The Morgan fingerprint density at radius 2 is 1.96 bits per heavy atom. The standard InChI is InChI=1S/C19H20N2O4/c1-21(2)8-7-13-9-17-18(25-12-24-17)10-16(13)20-11-14-5-3-4-6-15(14)19(22)23/h3-6,9-11H,7-8,12H2,1-2H3,(H,22,23). The van der Waals surface area contributed by atoms with Crippen LogP contribution >= 0.6 is 0 Å². The second-order valence-electron chi connectivity index (χ2n) is 6.04. The molecule has 25 heavy (non-hydrogen) atoms. The van der Waals surface area contributed by atoms with Gasteiger partial charge in [-0.25, -0.2) is 4.79 Å². The number of hydrogen-bond donors (Lipinski definition) is 1. The Morgan fingerprint density at radius 3 is 2.68 bits per heavy atom. The van der Waals surface area contributed by atoms with E-state index in [9.17, 15) is 9.90 Å². The summed E-state index contributed by atoms with van der Waals surface area (Å²) in [6.45, 7) is 1.07. The maximum atomic E-state index is 11.3. The van der Waals surface area contributed by atoms with Crippen molar-refractivity contribution in [3.05, 3.63) is 53.1 Å². The number of carboxylic acids is 1. The number of rotatable bonds is 6. The van der Waals surface area contributed by atoms with E-state index in [0.29, 0.717) is 11.3 Å². The highest BCUT2D eigenvalue weighted by atomic mass is 16.7. The Labute approximate surface area is 146 Å². The summed E-state index contributed by atoms with van der Waals surface area (Å²) in [6.07, 6.45) is 2.39. The zero-order chi connectivity index (χ0) is 17.8. The van der Waals surface area contributed by atoms with E-state index in [4.69, 9.17) is 9.47 Å². The van der Waals surface area contributed by atoms with Gasteiger partial charge in [0, 0.05) is 24.4 Å². The normalized spacial score (nSPS) is 12.9. The van der Waals surface area contributed by atoms with Crippen molar-refractivity contribution in [3.8, 4) is 11.5 Å². The van der Waals surface area contributed by atoms with Gasteiger partial charge in [0.25, 0.3) is 0 Å². The molecule has 0 saturated carbocycles. The first kappa shape index (κ1) is 17.0. The minimum atomic E-state index is -0.972. The van der Waals surface area contributed by atoms with Crippen molar-refractivity contribution in [2.45, 2.75) is 6.42 Å². The third-order valence-electron chi connectivity index (χ3n) is 3.94. The minimum Gasteiger partial charge on any atom is -0.478 e. The van der Waals surface area contributed by atoms with Gasteiger partial charge in [0.2, 0.25) is 6.79 Å². The first-order valence-electron chi connectivity index (χ1n) is 7.98. The average Bonchev–Trinajstić information content (AvgIpc) is 3.04. The van der Waals surface area contributed by atoms with Crippen molar-refractivity contribution in [1.82, 2.24) is 4.90 Å². The van der Waals surface area contributed by atoms with E-state index >= 15 is 0 Å². The molecule has 0 spiro atoms. The van der Waals surface area contributed by atoms with Gasteiger partial charge in [-0.15, -0.1) is 0 Å². The average molecular weight is 340 g/mol. The van der Waals surface area contributed by atoms with Crippen LogP contribution in [0.2, 0.25) is 0 Å². The molecule has 0 unspecified atom stereocenters. The third kappa shape index (κ3) is 3.97. The zero-order valence-electron chi connectivity index (χ0n) is 14.2. The smallest absolute Gasteiger partial charge is 0.336 e. The van der Waals surface area contributed by atoms with Gasteiger partial charge in [-0.05, 0) is 38.2 Å². The fraction of sp³-hybridized carbons (Fsp3) is 0.263. The van der Waals surface area contributed by atoms with Gasteiger partial charge >= 0.3 is 5.97 Å². The third-order valence-corrected chi connectivity index (χ3v) is 3.94. The molecule has 130 valence electrons. The van der Waals surface area contributed by atoms with Crippen LogP contribution in [0.15, 0.2) is 41.4 Å². The molecule has 2 aromatic rings. The number of ether oxygens (including phenoxy) is 2. The molecule has 1 aliphatic rings. The van der Waals surface area contributed by atoms with Crippen molar-refractivity contribution >= 4 is 17.9 Å². The first-order chi connectivity index (χ1) is 12.0. The number of carboxylic acid groups (broad SMARTS) is 1. The van der Waals surface area contributed by atoms with E-state index in [1.54, 1.807) is 30.5 Å². The summed E-state index contributed by atoms with van der Waals surface area (Å²) in [4.78, 5) is 18.0. The fourth-order valence-corrected chi connectivity index (χ4v) is 2.58. The number of aromatic carboxylic acids is 1. The monoisotopic (exact) mass is 340 g/mol. The Balaban J connectivity index is 1.94. The molecule has 3 rings (SSSR count). The molecule has 0 radical (unpaired) electrons. The van der Waals surface area contributed by atoms with Crippen LogP contribution < -0.4 is 9.47 Å². The van der Waals surface area contributed by atoms with E-state index < -0.39 is 5.97 Å². The topological polar surface area (TPSA) is 71.4 Å². The number of likely N-dealkylation sites (N-methyl/N-ethyl adjacent to an activating group) is 1. The number of hydrogen-bond acceptors (Lipinski definition) is 5. The lowest BCUT2D eigenvalue weighted by Gasteiger charge is -2.12. The largest absolute Gasteiger partial charge is 0.478 e. The van der Waals surface area contributed by atoms with E-state index in [1.165, 1.54) is 0 Å². The van der Waals surface area contributed by atoms with Crippen molar-refractivity contribution < 1.29 is 19.4 Å². The lowest BCUT2D eigenvalue weighted by atomic mass is 10.1. The van der Waals surface area contributed by atoms with Crippen molar-refractivity contribution in [1.29, 1.82) is 0 Å². The maximum absolute atomic E-state index is 11.3. The summed E-state index contributed by atoms with van der Waals surface area (Å²) >= 11 is 0. The van der Waals surface area contributed by atoms with E-state index in [-0.39, 0.29) is 12.4 Å². The number of fused-ring (bicyclic) bond motifs is 1. The molecule has 1 aliphatic heterocycles. The molecule has 0 amide bonds. The Hall–Kier alpha value is -2.86. The molecule has 0 saturated heterocycles. The van der Waals surface area contributed by atoms with Crippen LogP contribution in [0.25, 0.3) is 0 Å². The molecule has 0 aliphatic carbocycles. The SMILES string of the molecule is CN(C)CCc1cc2c(cc1N=Cc1ccccc1C(=O)O)OCO2. The molecule has 0 bridgehead atoms. The fourth-order valence-electron chi connectivity index (χ4n) is 2.58. The Bertz CT molecular complexity index is 815. The van der Waals surface area contributed by atoms with E-state index in [1.807, 2.05) is 26.2 Å². The summed E-state index contributed by atoms with van der Waals surface area (Å²) in [7, 11) is 4.03. The van der Waals surface area contributed by atoms with Crippen molar-refractivity contribution in [2.75, 3.05) is 27.4 Å². The number of benzene rings is 2. The van der Waals surface area contributed by atoms with Gasteiger partial charge < -0.3 is 19.5 Å². The summed E-state index contributed by atoms with van der Waals surface area (Å²) in [5.41, 5.74) is 2.57. The Kier molecular flexibility index (Phi) is 5.00. The lowest BCUT2D eigenvalue weighted by Crippen LogP contribution is -2.15. The maximum Gasteiger partial charge on any atom is 0.336 e. The highest BCUT2D eigenvalue weighted by Crippen LogP contribution is 2.38. The molecule has 0 atom stereocenters.